The van der Waals surface area contributed by atoms with E-state index in [4.69, 9.17) is 0 Å². The lowest BCUT2D eigenvalue weighted by Crippen LogP contribution is -2.37. The highest BCUT2D eigenvalue weighted by molar-refractivity contribution is 5.87. The first kappa shape index (κ1) is 11.8. The number of ketones is 1. The van der Waals surface area contributed by atoms with Crippen LogP contribution in [0.25, 0.3) is 0 Å². The largest absolute Gasteiger partial charge is 0.391 e. The van der Waals surface area contributed by atoms with Gasteiger partial charge in [-0.2, -0.15) is 5.10 Å². The van der Waals surface area contributed by atoms with E-state index in [0.717, 1.165) is 0 Å². The first-order valence-electron chi connectivity index (χ1n) is 4.90. The number of aliphatic hydroxyl groups is 1. The Labute approximate surface area is 89.1 Å². The van der Waals surface area contributed by atoms with E-state index < -0.39 is 17.6 Å². The predicted molar refractivity (Wildman–Crippen MR) is 55.2 cm³/mol. The van der Waals surface area contributed by atoms with Gasteiger partial charge in [0, 0.05) is 5.41 Å². The number of hydrogen-bond donors (Lipinski definition) is 1. The minimum Gasteiger partial charge on any atom is -0.391 e. The molecule has 0 saturated heterocycles. The zero-order valence-electron chi connectivity index (χ0n) is 9.51. The smallest absolute Gasteiger partial charge is 0.165 e. The Kier molecular flexibility index (Phi) is 3.24. The van der Waals surface area contributed by atoms with Crippen molar-refractivity contribution in [2.24, 2.45) is 5.41 Å². The van der Waals surface area contributed by atoms with Crippen molar-refractivity contribution in [2.75, 3.05) is 0 Å². The summed E-state index contributed by atoms with van der Waals surface area (Å²) in [5.74, 6) is -0.0528. The molecule has 0 saturated carbocycles. The maximum absolute atomic E-state index is 12.1. The predicted octanol–water partition coefficient (Wildman–Crippen LogP) is 0.815. The number of aromatic nitrogens is 3. The van der Waals surface area contributed by atoms with Gasteiger partial charge in [-0.25, -0.2) is 9.67 Å². The van der Waals surface area contributed by atoms with Gasteiger partial charge in [-0.3, -0.25) is 4.79 Å². The fourth-order valence-electron chi connectivity index (χ4n) is 1.36. The molecule has 1 rings (SSSR count). The van der Waals surface area contributed by atoms with E-state index in [2.05, 4.69) is 10.1 Å². The number of Topliss-reactive ketones (excluding diaryl/α,β-unsaturated/α-hetero) is 1. The molecule has 0 aliphatic rings. The van der Waals surface area contributed by atoms with Crippen LogP contribution in [0.1, 0.15) is 33.7 Å². The Bertz CT molecular complexity index is 325. The van der Waals surface area contributed by atoms with Crippen LogP contribution in [-0.4, -0.2) is 31.8 Å². The van der Waals surface area contributed by atoms with Crippen LogP contribution in [0.2, 0.25) is 0 Å². The van der Waals surface area contributed by atoms with Crippen LogP contribution < -0.4 is 0 Å². The molecule has 5 nitrogen and oxygen atoms in total. The van der Waals surface area contributed by atoms with Gasteiger partial charge in [-0.15, -0.1) is 0 Å². The molecule has 84 valence electrons. The lowest BCUT2D eigenvalue weighted by Gasteiger charge is -2.26. The van der Waals surface area contributed by atoms with Gasteiger partial charge < -0.3 is 5.11 Å². The van der Waals surface area contributed by atoms with Crippen molar-refractivity contribution in [3.8, 4) is 0 Å². The Balaban J connectivity index is 3.00. The molecule has 2 atom stereocenters. The third kappa shape index (κ3) is 2.62. The van der Waals surface area contributed by atoms with Gasteiger partial charge in [-0.05, 0) is 6.92 Å². The molecule has 1 aromatic heterocycles. The summed E-state index contributed by atoms with van der Waals surface area (Å²) < 4.78 is 1.40. The quantitative estimate of drug-likeness (QED) is 0.803. The fraction of sp³-hybridized carbons (Fsp3) is 0.700. The molecule has 0 bridgehead atoms. The topological polar surface area (TPSA) is 68.0 Å². The Morgan fingerprint density at radius 1 is 1.47 bits per heavy atom. The molecule has 1 aromatic rings. The van der Waals surface area contributed by atoms with Crippen LogP contribution in [0.3, 0.4) is 0 Å². The molecule has 2 unspecified atom stereocenters. The highest BCUT2D eigenvalue weighted by Gasteiger charge is 2.34. The van der Waals surface area contributed by atoms with Gasteiger partial charge in [0.15, 0.2) is 5.78 Å². The first-order chi connectivity index (χ1) is 6.84. The monoisotopic (exact) mass is 211 g/mol. The summed E-state index contributed by atoms with van der Waals surface area (Å²) in [5.41, 5.74) is -0.506. The molecule has 0 aliphatic heterocycles. The Hall–Kier alpha value is -1.23. The number of carbonyl (C=O) groups is 1. The summed E-state index contributed by atoms with van der Waals surface area (Å²) in [6.45, 7) is 7.04. The van der Waals surface area contributed by atoms with E-state index in [-0.39, 0.29) is 5.78 Å². The van der Waals surface area contributed by atoms with Crippen LogP contribution in [-0.2, 0) is 4.79 Å². The molecular formula is C10H17N3O2. The lowest BCUT2D eigenvalue weighted by molar-refractivity contribution is -0.133. The van der Waals surface area contributed by atoms with E-state index in [9.17, 15) is 9.90 Å². The number of aliphatic hydroxyl groups excluding tert-OH is 1. The van der Waals surface area contributed by atoms with Gasteiger partial charge in [0.2, 0.25) is 0 Å². The average Bonchev–Trinajstić information content (AvgIpc) is 2.54. The van der Waals surface area contributed by atoms with Crippen molar-refractivity contribution >= 4 is 5.78 Å². The van der Waals surface area contributed by atoms with E-state index in [1.165, 1.54) is 17.3 Å². The SMILES string of the molecule is CC(O)C(C(=O)C(C)(C)C)n1cncn1. The van der Waals surface area contributed by atoms with Crippen LogP contribution in [0, 0.1) is 5.41 Å². The van der Waals surface area contributed by atoms with E-state index in [0.29, 0.717) is 0 Å². The molecule has 0 spiro atoms. The third-order valence-electron chi connectivity index (χ3n) is 2.19. The second kappa shape index (κ2) is 4.10. The Morgan fingerprint density at radius 3 is 2.40 bits per heavy atom. The van der Waals surface area contributed by atoms with Gasteiger partial charge in [0.25, 0.3) is 0 Å². The van der Waals surface area contributed by atoms with Crippen molar-refractivity contribution in [3.05, 3.63) is 12.7 Å². The highest BCUT2D eigenvalue weighted by atomic mass is 16.3. The van der Waals surface area contributed by atoms with Crippen LogP contribution in [0.15, 0.2) is 12.7 Å². The maximum Gasteiger partial charge on any atom is 0.165 e. The molecule has 0 fully saturated rings. The van der Waals surface area contributed by atoms with E-state index in [1.807, 2.05) is 20.8 Å². The van der Waals surface area contributed by atoms with Gasteiger partial charge in [-0.1, -0.05) is 20.8 Å². The third-order valence-corrected chi connectivity index (χ3v) is 2.19. The number of carbonyl (C=O) groups excluding carboxylic acids is 1. The summed E-state index contributed by atoms with van der Waals surface area (Å²) >= 11 is 0. The number of hydrogen-bond acceptors (Lipinski definition) is 4. The summed E-state index contributed by atoms with van der Waals surface area (Å²) in [6, 6.07) is -0.660. The molecule has 5 heteroatoms. The summed E-state index contributed by atoms with van der Waals surface area (Å²) in [7, 11) is 0. The van der Waals surface area contributed by atoms with Crippen LogP contribution in [0.5, 0.6) is 0 Å². The molecule has 0 aromatic carbocycles. The molecule has 0 radical (unpaired) electrons. The van der Waals surface area contributed by atoms with Crippen molar-refractivity contribution in [1.82, 2.24) is 14.8 Å². The van der Waals surface area contributed by atoms with Crippen LogP contribution in [0.4, 0.5) is 0 Å². The second-order valence-electron chi connectivity index (χ2n) is 4.68. The van der Waals surface area contributed by atoms with Gasteiger partial charge >= 0.3 is 0 Å². The highest BCUT2D eigenvalue weighted by Crippen LogP contribution is 2.25. The van der Waals surface area contributed by atoms with Crippen molar-refractivity contribution in [1.29, 1.82) is 0 Å². The van der Waals surface area contributed by atoms with Crippen LogP contribution >= 0.6 is 0 Å². The first-order valence-corrected chi connectivity index (χ1v) is 4.90. The molecule has 0 aliphatic carbocycles. The standard InChI is InChI=1S/C10H17N3O2/c1-7(14)8(9(15)10(2,3)4)13-6-11-5-12-13/h5-8,14H,1-4H3. The molecule has 0 amide bonds. The van der Waals surface area contributed by atoms with E-state index in [1.54, 1.807) is 6.92 Å². The summed E-state index contributed by atoms with van der Waals surface area (Å²) in [6.07, 6.45) is 2.02. The fourth-order valence-corrected chi connectivity index (χ4v) is 1.36. The van der Waals surface area contributed by atoms with Crippen molar-refractivity contribution in [3.63, 3.8) is 0 Å². The molecule has 1 N–H and O–H groups in total. The van der Waals surface area contributed by atoms with Gasteiger partial charge in [0.05, 0.1) is 6.10 Å². The number of rotatable bonds is 3. The number of nitrogens with zero attached hydrogens (tertiary/aromatic N) is 3. The second-order valence-corrected chi connectivity index (χ2v) is 4.68. The van der Waals surface area contributed by atoms with E-state index >= 15 is 0 Å². The Morgan fingerprint density at radius 2 is 2.07 bits per heavy atom. The minimum absolute atomic E-state index is 0.0528. The van der Waals surface area contributed by atoms with Gasteiger partial charge in [0.1, 0.15) is 18.7 Å². The molecule has 15 heavy (non-hydrogen) atoms. The normalized spacial score (nSPS) is 16.1. The summed E-state index contributed by atoms with van der Waals surface area (Å²) in [5, 5.41) is 13.5. The lowest BCUT2D eigenvalue weighted by atomic mass is 9.85. The zero-order chi connectivity index (χ0) is 11.6. The van der Waals surface area contributed by atoms with Crippen molar-refractivity contribution in [2.45, 2.75) is 39.8 Å². The molecular weight excluding hydrogens is 194 g/mol. The van der Waals surface area contributed by atoms with Crippen molar-refractivity contribution < 1.29 is 9.90 Å². The molecule has 1 heterocycles. The summed E-state index contributed by atoms with van der Waals surface area (Å²) in [4.78, 5) is 15.8. The zero-order valence-corrected chi connectivity index (χ0v) is 9.51. The minimum atomic E-state index is -0.779. The average molecular weight is 211 g/mol. The maximum atomic E-state index is 12.1.